The maximum atomic E-state index is 13.4. The number of thiophene rings is 1. The predicted molar refractivity (Wildman–Crippen MR) is 173 cm³/mol. The van der Waals surface area contributed by atoms with Crippen molar-refractivity contribution in [3.63, 3.8) is 0 Å². The Morgan fingerprint density at radius 2 is 1.57 bits per heavy atom. The van der Waals surface area contributed by atoms with Gasteiger partial charge in [0.25, 0.3) is 5.91 Å². The van der Waals surface area contributed by atoms with Crippen LogP contribution in [0.3, 0.4) is 0 Å². The molecule has 0 aliphatic carbocycles. The highest BCUT2D eigenvalue weighted by Crippen LogP contribution is 2.43. The first-order chi connectivity index (χ1) is 21.4. The van der Waals surface area contributed by atoms with Crippen molar-refractivity contribution in [1.82, 2.24) is 5.16 Å². The second kappa shape index (κ2) is 14.2. The molecule has 0 saturated heterocycles. The average Bonchev–Trinajstić information content (AvgIpc) is 3.66. The summed E-state index contributed by atoms with van der Waals surface area (Å²) in [6, 6.07) is 25.4. The van der Waals surface area contributed by atoms with Gasteiger partial charge >= 0.3 is 0 Å². The van der Waals surface area contributed by atoms with E-state index in [2.05, 4.69) is 24.3 Å². The Balaban J connectivity index is 1.62. The van der Waals surface area contributed by atoms with Gasteiger partial charge < -0.3 is 25.0 Å². The zero-order valence-electron chi connectivity index (χ0n) is 25.0. The lowest BCUT2D eigenvalue weighted by atomic mass is 9.96. The third-order valence-electron chi connectivity index (χ3n) is 7.09. The number of anilines is 1. The van der Waals surface area contributed by atoms with Crippen LogP contribution in [-0.4, -0.2) is 23.4 Å². The van der Waals surface area contributed by atoms with E-state index in [4.69, 9.17) is 19.7 Å². The minimum Gasteiger partial charge on any atom is -0.488 e. The second-order valence-corrected chi connectivity index (χ2v) is 11.6. The molecular formula is C35H35N3O5S. The first-order valence-electron chi connectivity index (χ1n) is 14.5. The highest BCUT2D eigenvalue weighted by atomic mass is 32.1. The largest absolute Gasteiger partial charge is 0.488 e. The summed E-state index contributed by atoms with van der Waals surface area (Å²) in [6.45, 7) is 6.78. The number of hydrogen-bond donors (Lipinski definition) is 2. The topological polar surface area (TPSA) is 117 Å². The molecule has 5 aromatic rings. The van der Waals surface area contributed by atoms with Gasteiger partial charge in [-0.3, -0.25) is 9.59 Å². The molecule has 2 heterocycles. The first kappa shape index (κ1) is 30.7. The molecule has 3 N–H and O–H groups in total. The van der Waals surface area contributed by atoms with E-state index < -0.39 is 0 Å². The lowest BCUT2D eigenvalue weighted by Crippen LogP contribution is -2.16. The summed E-state index contributed by atoms with van der Waals surface area (Å²) in [7, 11) is 0. The molecule has 0 bridgehead atoms. The number of amides is 1. The Hall–Kier alpha value is -4.73. The summed E-state index contributed by atoms with van der Waals surface area (Å²) in [5.74, 6) is 0.706. The molecule has 1 amide bonds. The van der Waals surface area contributed by atoms with Gasteiger partial charge in [-0.25, -0.2) is 0 Å². The van der Waals surface area contributed by atoms with E-state index in [-0.39, 0.29) is 54.3 Å². The fourth-order valence-electron chi connectivity index (χ4n) is 4.73. The standard InChI is InChI=1S/C35H35N3O5S/c1-22(2)26-18-27(33-32(31(38-43-33)28(39)14-16-36)37-35(40)34-23(3)15-17-44-34)30(42-21-25-12-8-5-9-13-25)19-29(26)41-20-24-10-6-4-7-11-24/h4-13,15,17-19,22H,14,16,20-21,36H2,1-3H3,(H,37,40). The van der Waals surface area contributed by atoms with Gasteiger partial charge in [-0.05, 0) is 59.2 Å². The maximum absolute atomic E-state index is 13.4. The van der Waals surface area contributed by atoms with Crippen molar-refractivity contribution in [2.45, 2.75) is 46.3 Å². The van der Waals surface area contributed by atoms with Crippen molar-refractivity contribution < 1.29 is 23.6 Å². The van der Waals surface area contributed by atoms with Crippen LogP contribution in [0.1, 0.15) is 68.6 Å². The van der Waals surface area contributed by atoms with Gasteiger partial charge in [-0.2, -0.15) is 0 Å². The lowest BCUT2D eigenvalue weighted by Gasteiger charge is -2.19. The van der Waals surface area contributed by atoms with E-state index in [9.17, 15) is 9.59 Å². The zero-order valence-corrected chi connectivity index (χ0v) is 25.8. The number of Topliss-reactive ketones (excluding diaryl/α,β-unsaturated/α-hetero) is 1. The smallest absolute Gasteiger partial charge is 0.266 e. The normalized spacial score (nSPS) is 11.0. The van der Waals surface area contributed by atoms with E-state index >= 15 is 0 Å². The van der Waals surface area contributed by atoms with Gasteiger partial charge in [0.15, 0.2) is 17.2 Å². The molecule has 8 nitrogen and oxygen atoms in total. The highest BCUT2D eigenvalue weighted by molar-refractivity contribution is 7.12. The summed E-state index contributed by atoms with van der Waals surface area (Å²) in [4.78, 5) is 27.0. The van der Waals surface area contributed by atoms with Crippen molar-refractivity contribution in [1.29, 1.82) is 0 Å². The quantitative estimate of drug-likeness (QED) is 0.131. The van der Waals surface area contributed by atoms with Gasteiger partial charge in [-0.15, -0.1) is 11.3 Å². The maximum Gasteiger partial charge on any atom is 0.266 e. The summed E-state index contributed by atoms with van der Waals surface area (Å²) >= 11 is 1.32. The van der Waals surface area contributed by atoms with Crippen LogP contribution in [0.4, 0.5) is 5.69 Å². The molecule has 0 atom stereocenters. The number of carbonyl (C=O) groups is 2. The Morgan fingerprint density at radius 1 is 0.932 bits per heavy atom. The molecule has 3 aromatic carbocycles. The molecule has 0 saturated carbocycles. The van der Waals surface area contributed by atoms with Crippen LogP contribution in [-0.2, 0) is 13.2 Å². The Bertz CT molecular complexity index is 1730. The Kier molecular flexibility index (Phi) is 9.89. The van der Waals surface area contributed by atoms with Crippen LogP contribution >= 0.6 is 11.3 Å². The highest BCUT2D eigenvalue weighted by Gasteiger charge is 2.29. The molecular weight excluding hydrogens is 574 g/mol. The van der Waals surface area contributed by atoms with Crippen LogP contribution in [0.15, 0.2) is 88.8 Å². The van der Waals surface area contributed by atoms with Gasteiger partial charge in [-0.1, -0.05) is 79.7 Å². The number of benzene rings is 3. The number of aromatic nitrogens is 1. The van der Waals surface area contributed by atoms with Crippen molar-refractivity contribution in [3.8, 4) is 22.8 Å². The fourth-order valence-corrected chi connectivity index (χ4v) is 5.55. The number of carbonyl (C=O) groups excluding carboxylic acids is 2. The first-order valence-corrected chi connectivity index (χ1v) is 15.3. The number of aryl methyl sites for hydroxylation is 1. The summed E-state index contributed by atoms with van der Waals surface area (Å²) in [5.41, 5.74) is 10.2. The molecule has 2 aromatic heterocycles. The summed E-state index contributed by atoms with van der Waals surface area (Å²) < 4.78 is 18.6. The molecule has 0 spiro atoms. The van der Waals surface area contributed by atoms with Crippen LogP contribution in [0.5, 0.6) is 11.5 Å². The Labute approximate surface area is 260 Å². The third-order valence-corrected chi connectivity index (χ3v) is 8.10. The number of rotatable bonds is 13. The monoisotopic (exact) mass is 609 g/mol. The van der Waals surface area contributed by atoms with Crippen molar-refractivity contribution in [2.24, 2.45) is 5.73 Å². The van der Waals surface area contributed by atoms with Crippen LogP contribution in [0.2, 0.25) is 0 Å². The molecule has 0 unspecified atom stereocenters. The number of nitrogens with zero attached hydrogens (tertiary/aromatic N) is 1. The van der Waals surface area contributed by atoms with E-state index in [0.29, 0.717) is 28.5 Å². The molecule has 9 heteroatoms. The second-order valence-electron chi connectivity index (χ2n) is 10.7. The Morgan fingerprint density at radius 3 is 2.14 bits per heavy atom. The molecule has 44 heavy (non-hydrogen) atoms. The van der Waals surface area contributed by atoms with Crippen molar-refractivity contribution in [3.05, 3.63) is 117 Å². The average molecular weight is 610 g/mol. The SMILES string of the molecule is Cc1ccsc1C(=O)Nc1c(C(=O)CCN)noc1-c1cc(C(C)C)c(OCc2ccccc2)cc1OCc1ccccc1. The zero-order chi connectivity index (χ0) is 31.1. The molecule has 226 valence electrons. The van der Waals surface area contributed by atoms with Gasteiger partial charge in [0.1, 0.15) is 30.4 Å². The molecule has 5 rings (SSSR count). The van der Waals surface area contributed by atoms with E-state index in [1.165, 1.54) is 11.3 Å². The lowest BCUT2D eigenvalue weighted by molar-refractivity contribution is 0.0977. The summed E-state index contributed by atoms with van der Waals surface area (Å²) in [6.07, 6.45) is 0.0494. The van der Waals surface area contributed by atoms with Crippen molar-refractivity contribution >= 4 is 28.7 Å². The minimum atomic E-state index is -0.359. The molecule has 0 fully saturated rings. The van der Waals surface area contributed by atoms with Crippen LogP contribution < -0.4 is 20.5 Å². The molecule has 0 radical (unpaired) electrons. The van der Waals surface area contributed by atoms with Gasteiger partial charge in [0, 0.05) is 12.5 Å². The van der Waals surface area contributed by atoms with Gasteiger partial charge in [0.2, 0.25) is 0 Å². The number of hydrogen-bond acceptors (Lipinski definition) is 8. The predicted octanol–water partition coefficient (Wildman–Crippen LogP) is 7.78. The van der Waals surface area contributed by atoms with Crippen LogP contribution in [0.25, 0.3) is 11.3 Å². The number of ketones is 1. The van der Waals surface area contributed by atoms with E-state index in [1.54, 1.807) is 0 Å². The van der Waals surface area contributed by atoms with Gasteiger partial charge in [0.05, 0.1) is 10.4 Å². The van der Waals surface area contributed by atoms with Crippen LogP contribution in [0, 0.1) is 6.92 Å². The van der Waals surface area contributed by atoms with E-state index in [0.717, 1.165) is 22.3 Å². The van der Waals surface area contributed by atoms with Crippen molar-refractivity contribution in [2.75, 3.05) is 11.9 Å². The summed E-state index contributed by atoms with van der Waals surface area (Å²) in [5, 5.41) is 8.89. The van der Waals surface area contributed by atoms with E-state index in [1.807, 2.05) is 91.2 Å². The fraction of sp³-hybridized carbons (Fsp3) is 0.229. The third kappa shape index (κ3) is 7.07. The molecule has 0 aliphatic rings. The number of ether oxygens (including phenoxy) is 2. The number of nitrogens with two attached hydrogens (primary N) is 1. The minimum absolute atomic E-state index is 0.0116. The number of nitrogens with one attached hydrogen (secondary N) is 1. The molecule has 0 aliphatic heterocycles.